The van der Waals surface area contributed by atoms with E-state index in [1.807, 2.05) is 46.0 Å². The fraction of sp³-hybridized carbons (Fsp3) is 0.417. The molecular formula is C36H43F3N7O4Si. The number of nitrogens with zero attached hydrogens (tertiary/aromatic N) is 4. The highest BCUT2D eigenvalue weighted by Gasteiger charge is 2.36. The van der Waals surface area contributed by atoms with E-state index >= 15 is 0 Å². The van der Waals surface area contributed by atoms with Gasteiger partial charge < -0.3 is 14.5 Å². The van der Waals surface area contributed by atoms with Crippen LogP contribution in [0.4, 0.5) is 35.3 Å². The molecule has 1 unspecified atom stereocenters. The summed E-state index contributed by atoms with van der Waals surface area (Å²) in [7, 11) is -1.34. The predicted octanol–water partition coefficient (Wildman–Crippen LogP) is 8.99. The minimum atomic E-state index is -4.92. The quantitative estimate of drug-likeness (QED) is 0.132. The molecule has 1 aliphatic rings. The van der Waals surface area contributed by atoms with Crippen LogP contribution in [0.2, 0.25) is 13.1 Å². The molecule has 5 rings (SSSR count). The third kappa shape index (κ3) is 10.4. The number of hydrogen-bond donors (Lipinski definition) is 3. The van der Waals surface area contributed by atoms with Gasteiger partial charge in [0.05, 0.1) is 12.6 Å². The number of carbonyl (C=O) groups is 2. The van der Waals surface area contributed by atoms with Gasteiger partial charge in [-0.1, -0.05) is 69.4 Å². The maximum Gasteiger partial charge on any atom is 0.573 e. The van der Waals surface area contributed by atoms with E-state index in [4.69, 9.17) is 4.43 Å². The number of halogens is 3. The van der Waals surface area contributed by atoms with Gasteiger partial charge in [-0.3, -0.25) is 15.0 Å². The summed E-state index contributed by atoms with van der Waals surface area (Å²) in [4.78, 5) is 28.3. The highest BCUT2D eigenvalue weighted by molar-refractivity contribution is 6.48. The number of nitrogens with one attached hydrogen (secondary N) is 3. The van der Waals surface area contributed by atoms with Crippen molar-refractivity contribution in [1.29, 1.82) is 0 Å². The van der Waals surface area contributed by atoms with E-state index in [-0.39, 0.29) is 29.5 Å². The molecule has 51 heavy (non-hydrogen) atoms. The van der Waals surface area contributed by atoms with Gasteiger partial charge in [0.1, 0.15) is 5.75 Å². The number of carbonyl (C=O) groups excluding carboxylic acids is 2. The molecule has 11 nitrogen and oxygen atoms in total. The maximum atomic E-state index is 14.1. The summed E-state index contributed by atoms with van der Waals surface area (Å²) >= 11 is 0. The monoisotopic (exact) mass is 722 g/mol. The Bertz CT molecular complexity index is 1760. The molecule has 1 saturated carbocycles. The zero-order valence-corrected chi connectivity index (χ0v) is 30.3. The molecule has 0 saturated heterocycles. The highest BCUT2D eigenvalue weighted by Crippen LogP contribution is 2.43. The van der Waals surface area contributed by atoms with Crippen LogP contribution < -0.4 is 20.3 Å². The van der Waals surface area contributed by atoms with Crippen molar-refractivity contribution in [3.63, 3.8) is 0 Å². The van der Waals surface area contributed by atoms with Gasteiger partial charge in [0.15, 0.2) is 0 Å². The number of anilines is 3. The lowest BCUT2D eigenvalue weighted by Gasteiger charge is -2.34. The first kappa shape index (κ1) is 37.5. The van der Waals surface area contributed by atoms with E-state index in [0.717, 1.165) is 18.4 Å². The Morgan fingerprint density at radius 3 is 2.24 bits per heavy atom. The molecule has 1 heterocycles. The summed E-state index contributed by atoms with van der Waals surface area (Å²) in [6.07, 6.45) is 0.228. The van der Waals surface area contributed by atoms with Gasteiger partial charge in [-0.05, 0) is 96.1 Å². The van der Waals surface area contributed by atoms with Gasteiger partial charge in [0.2, 0.25) is 9.04 Å². The molecular weight excluding hydrogens is 680 g/mol. The van der Waals surface area contributed by atoms with Crippen molar-refractivity contribution in [2.24, 2.45) is 5.41 Å². The second-order valence-electron chi connectivity index (χ2n) is 13.9. The Morgan fingerprint density at radius 1 is 0.961 bits per heavy atom. The van der Waals surface area contributed by atoms with E-state index in [9.17, 15) is 22.8 Å². The topological polar surface area (TPSA) is 134 Å². The zero-order valence-electron chi connectivity index (χ0n) is 29.3. The van der Waals surface area contributed by atoms with Crippen molar-refractivity contribution in [2.45, 2.75) is 90.9 Å². The lowest BCUT2D eigenvalue weighted by atomic mass is 9.84. The number of urea groups is 1. The number of benzene rings is 3. The van der Waals surface area contributed by atoms with Crippen LogP contribution in [0.15, 0.2) is 66.7 Å². The number of alkyl halides is 3. The number of ether oxygens (including phenoxy) is 1. The fourth-order valence-electron chi connectivity index (χ4n) is 6.16. The average Bonchev–Trinajstić information content (AvgIpc) is 3.59. The van der Waals surface area contributed by atoms with Gasteiger partial charge >= 0.3 is 12.4 Å². The van der Waals surface area contributed by atoms with Crippen molar-refractivity contribution in [1.82, 2.24) is 20.6 Å². The summed E-state index contributed by atoms with van der Waals surface area (Å²) < 4.78 is 51.1. The Balaban J connectivity index is 1.44. The molecule has 1 aromatic heterocycles. The lowest BCUT2D eigenvalue weighted by Crippen LogP contribution is -2.34. The molecule has 1 fully saturated rings. The van der Waals surface area contributed by atoms with Gasteiger partial charge in [0.25, 0.3) is 11.9 Å². The van der Waals surface area contributed by atoms with Crippen LogP contribution in [0.1, 0.15) is 91.9 Å². The molecule has 1 aliphatic carbocycles. The number of aromatic amines is 1. The summed E-state index contributed by atoms with van der Waals surface area (Å²) in [6, 6.07) is 18.2. The Hall–Kier alpha value is -4.76. The molecule has 0 aliphatic heterocycles. The molecule has 3 N–H and O–H groups in total. The molecule has 3 aromatic carbocycles. The van der Waals surface area contributed by atoms with E-state index in [0.29, 0.717) is 17.2 Å². The van der Waals surface area contributed by atoms with Crippen molar-refractivity contribution < 1.29 is 31.9 Å². The molecule has 4 aromatic rings. The number of aromatic nitrogens is 4. The molecule has 1 radical (unpaired) electrons. The van der Waals surface area contributed by atoms with E-state index in [1.54, 1.807) is 29.2 Å². The van der Waals surface area contributed by atoms with Crippen LogP contribution in [0.25, 0.3) is 0 Å². The van der Waals surface area contributed by atoms with Gasteiger partial charge in [0, 0.05) is 22.5 Å². The molecule has 0 spiro atoms. The zero-order chi connectivity index (χ0) is 36.8. The number of tetrazole rings is 1. The molecule has 0 bridgehead atoms. The number of rotatable bonds is 11. The van der Waals surface area contributed by atoms with Gasteiger partial charge in [-0.25, -0.2) is 4.79 Å². The summed E-state index contributed by atoms with van der Waals surface area (Å²) in [5, 5.41) is 18.6. The normalized spacial score (nSPS) is 14.6. The number of H-pyrrole nitrogens is 1. The first-order valence-electron chi connectivity index (χ1n) is 16.8. The smallest absolute Gasteiger partial charge is 0.410 e. The summed E-state index contributed by atoms with van der Waals surface area (Å²) in [6.45, 7) is 9.58. The standard InChI is InChI=1S/C36H43F3N7O4Si/c1-35(2,3)31(50-51(4)5)29-21-27(17-20-30(29)49-36(37,38)39)40-34(48)46(28-18-15-25(16-19-28)24-9-7-6-8-10-24)22-23-11-13-26(14-12-23)32(47)41-33-42-44-45-43-33/h11-21,24,31H,6-10,22H2,1-5H3,(H,40,48)(H2,41,42,43,44,45,47). The Kier molecular flexibility index (Phi) is 11.8. The highest BCUT2D eigenvalue weighted by atomic mass is 28.3. The summed E-state index contributed by atoms with van der Waals surface area (Å²) in [5.41, 5.74) is 2.81. The summed E-state index contributed by atoms with van der Waals surface area (Å²) in [5.74, 6) is -0.303. The number of hydrogen-bond acceptors (Lipinski definition) is 7. The third-order valence-corrected chi connectivity index (χ3v) is 9.27. The van der Waals surface area contributed by atoms with E-state index in [2.05, 4.69) is 48.1 Å². The van der Waals surface area contributed by atoms with Crippen LogP contribution in [0.5, 0.6) is 5.75 Å². The van der Waals surface area contributed by atoms with Crippen LogP contribution in [-0.4, -0.2) is 48.0 Å². The van der Waals surface area contributed by atoms with E-state index in [1.165, 1.54) is 43.0 Å². The van der Waals surface area contributed by atoms with Crippen LogP contribution >= 0.6 is 0 Å². The first-order valence-corrected chi connectivity index (χ1v) is 19.3. The predicted molar refractivity (Wildman–Crippen MR) is 190 cm³/mol. The Morgan fingerprint density at radius 2 is 1.65 bits per heavy atom. The number of amides is 3. The first-order chi connectivity index (χ1) is 24.2. The average molecular weight is 723 g/mol. The van der Waals surface area contributed by atoms with Crippen molar-refractivity contribution >= 4 is 38.3 Å². The van der Waals surface area contributed by atoms with Crippen LogP contribution in [0.3, 0.4) is 0 Å². The van der Waals surface area contributed by atoms with Crippen LogP contribution in [0, 0.1) is 5.41 Å². The second kappa shape index (κ2) is 16.1. The van der Waals surface area contributed by atoms with Gasteiger partial charge in [-0.2, -0.15) is 5.21 Å². The van der Waals surface area contributed by atoms with Crippen molar-refractivity contribution in [3.05, 3.63) is 89.0 Å². The second-order valence-corrected chi connectivity index (χ2v) is 16.0. The largest absolute Gasteiger partial charge is 0.573 e. The molecule has 1 atom stereocenters. The van der Waals surface area contributed by atoms with Crippen LogP contribution in [-0.2, 0) is 11.0 Å². The molecule has 271 valence electrons. The maximum absolute atomic E-state index is 14.1. The minimum absolute atomic E-state index is 0.0378. The van der Waals surface area contributed by atoms with Gasteiger partial charge in [-0.15, -0.1) is 18.3 Å². The molecule has 3 amide bonds. The SMILES string of the molecule is C[Si](C)OC(c1cc(NC(=O)N(Cc2ccc(C(=O)Nc3nn[nH]n3)cc2)c2ccc(C3CCCCC3)cc2)ccc1OC(F)(F)F)C(C)(C)C. The van der Waals surface area contributed by atoms with E-state index < -0.39 is 38.9 Å². The minimum Gasteiger partial charge on any atom is -0.410 e. The lowest BCUT2D eigenvalue weighted by molar-refractivity contribution is -0.275. The van der Waals surface area contributed by atoms with Crippen molar-refractivity contribution in [2.75, 3.05) is 15.5 Å². The molecule has 15 heteroatoms. The third-order valence-electron chi connectivity index (χ3n) is 8.56. The Labute approximate surface area is 297 Å². The fourth-order valence-corrected chi connectivity index (χ4v) is 7.11. The van der Waals surface area contributed by atoms with Crippen molar-refractivity contribution in [3.8, 4) is 5.75 Å².